The third-order valence-corrected chi connectivity index (χ3v) is 9.09. The number of carbonyl (C=O) groups excluding carboxylic acids is 1. The molecule has 190 valence electrons. The van der Waals surface area contributed by atoms with E-state index in [-0.39, 0.29) is 32.6 Å². The maximum Gasteiger partial charge on any atom is 0.283 e. The summed E-state index contributed by atoms with van der Waals surface area (Å²) in [5, 5.41) is 13.9. The lowest BCUT2D eigenvalue weighted by atomic mass is 10.1. The van der Waals surface area contributed by atoms with Crippen LogP contribution in [0.25, 0.3) is 11.8 Å². The number of ether oxygens (including phenoxy) is 2. The summed E-state index contributed by atoms with van der Waals surface area (Å²) in [7, 11) is -0.474. The number of carbonyl (C=O) groups is 1. The quantitative estimate of drug-likeness (QED) is 0.565. The van der Waals surface area contributed by atoms with Gasteiger partial charge in [0.05, 0.1) is 31.2 Å². The van der Waals surface area contributed by atoms with Crippen molar-refractivity contribution in [2.24, 2.45) is 16.0 Å². The van der Waals surface area contributed by atoms with E-state index in [2.05, 4.69) is 10.1 Å². The fourth-order valence-corrected chi connectivity index (χ4v) is 6.83. The van der Waals surface area contributed by atoms with Crippen molar-refractivity contribution in [1.82, 2.24) is 9.58 Å². The standard InChI is InChI=1S/C24H27N5O5S2/c1-13(2)12-36(31,32)24-27-29-21(25)18(22(30)26-23(29)35-24)10-16-9-14(3)28(15(16)4)19-11-17(33-5)7-8-20(19)34-6/h7-11,13,25H,12H2,1-6H3/b18-10-,25-21?. The fraction of sp³-hybridized carbons (Fsp3) is 0.333. The van der Waals surface area contributed by atoms with Crippen molar-refractivity contribution in [1.29, 1.82) is 5.41 Å². The molecule has 0 saturated carbocycles. The third-order valence-electron chi connectivity index (χ3n) is 5.65. The van der Waals surface area contributed by atoms with E-state index in [1.807, 2.05) is 36.6 Å². The van der Waals surface area contributed by atoms with Crippen LogP contribution in [0.5, 0.6) is 11.5 Å². The Morgan fingerprint density at radius 3 is 2.53 bits per heavy atom. The van der Waals surface area contributed by atoms with E-state index in [1.54, 1.807) is 40.2 Å². The normalized spacial score (nSPS) is 17.0. The molecule has 2 aliphatic heterocycles. The molecule has 1 aromatic heterocycles. The first kappa shape index (κ1) is 25.7. The molecule has 3 heterocycles. The van der Waals surface area contributed by atoms with E-state index >= 15 is 0 Å². The zero-order valence-electron chi connectivity index (χ0n) is 20.8. The molecule has 0 bridgehead atoms. The van der Waals surface area contributed by atoms with Crippen LogP contribution in [0.3, 0.4) is 0 Å². The van der Waals surface area contributed by atoms with Gasteiger partial charge in [-0.3, -0.25) is 10.2 Å². The minimum atomic E-state index is -3.65. The van der Waals surface area contributed by atoms with Gasteiger partial charge in [-0.25, -0.2) is 8.42 Å². The van der Waals surface area contributed by atoms with E-state index in [0.29, 0.717) is 17.1 Å². The van der Waals surface area contributed by atoms with Gasteiger partial charge in [-0.05, 0) is 61.4 Å². The molecule has 0 fully saturated rings. The number of nitrogens with one attached hydrogen (secondary N) is 1. The number of benzene rings is 1. The average molecular weight is 530 g/mol. The number of rotatable bonds is 6. The monoisotopic (exact) mass is 529 g/mol. The van der Waals surface area contributed by atoms with Gasteiger partial charge in [0.1, 0.15) is 11.5 Å². The number of aryl methyl sites for hydroxylation is 1. The summed E-state index contributed by atoms with van der Waals surface area (Å²) in [6.45, 7) is 7.41. The maximum atomic E-state index is 12.9. The summed E-state index contributed by atoms with van der Waals surface area (Å²) in [4.78, 5) is 16.9. The Labute approximate surface area is 214 Å². The Bertz CT molecular complexity index is 1470. The van der Waals surface area contributed by atoms with Gasteiger partial charge in [-0.15, -0.1) is 5.10 Å². The van der Waals surface area contributed by atoms with Crippen LogP contribution in [0.4, 0.5) is 0 Å². The number of methoxy groups -OCH3 is 2. The molecule has 2 aliphatic rings. The number of thioether (sulfide) groups is 1. The summed E-state index contributed by atoms with van der Waals surface area (Å²) >= 11 is 0.793. The highest BCUT2D eigenvalue weighted by Crippen LogP contribution is 2.34. The molecule has 2 aromatic rings. The van der Waals surface area contributed by atoms with Crippen LogP contribution in [0.15, 0.2) is 39.9 Å². The average Bonchev–Trinajstić information content (AvgIpc) is 3.36. The number of nitrogens with zero attached hydrogens (tertiary/aromatic N) is 4. The highest BCUT2D eigenvalue weighted by molar-refractivity contribution is 8.42. The van der Waals surface area contributed by atoms with Gasteiger partial charge >= 0.3 is 0 Å². The highest BCUT2D eigenvalue weighted by Gasteiger charge is 2.40. The molecule has 0 unspecified atom stereocenters. The van der Waals surface area contributed by atoms with E-state index in [4.69, 9.17) is 14.9 Å². The zero-order valence-corrected chi connectivity index (χ0v) is 22.5. The lowest BCUT2D eigenvalue weighted by Gasteiger charge is -2.20. The largest absolute Gasteiger partial charge is 0.497 e. The van der Waals surface area contributed by atoms with Crippen LogP contribution in [-0.2, 0) is 14.6 Å². The molecular weight excluding hydrogens is 502 g/mol. The first-order chi connectivity index (χ1) is 17.0. The number of hydrogen-bond acceptors (Lipinski definition) is 8. The van der Waals surface area contributed by atoms with Gasteiger partial charge < -0.3 is 14.0 Å². The van der Waals surface area contributed by atoms with Crippen molar-refractivity contribution in [3.05, 3.63) is 46.8 Å². The molecule has 12 heteroatoms. The highest BCUT2D eigenvalue weighted by atomic mass is 32.3. The van der Waals surface area contributed by atoms with Crippen molar-refractivity contribution in [2.45, 2.75) is 27.7 Å². The second kappa shape index (κ2) is 9.58. The van der Waals surface area contributed by atoms with Crippen LogP contribution in [0.1, 0.15) is 30.8 Å². The number of amides is 1. The van der Waals surface area contributed by atoms with Gasteiger partial charge in [0.15, 0.2) is 5.84 Å². The van der Waals surface area contributed by atoms with Crippen LogP contribution in [0, 0.1) is 25.2 Å². The number of aliphatic imine (C=N–C) groups is 1. The lowest BCUT2D eigenvalue weighted by Crippen LogP contribution is -2.35. The first-order valence-electron chi connectivity index (χ1n) is 11.1. The Hall–Kier alpha value is -3.38. The van der Waals surface area contributed by atoms with E-state index in [0.717, 1.165) is 33.8 Å². The second-order valence-electron chi connectivity index (χ2n) is 8.76. The molecule has 0 aliphatic carbocycles. The topological polar surface area (TPSA) is 126 Å². The van der Waals surface area contributed by atoms with Crippen LogP contribution < -0.4 is 9.47 Å². The smallest absolute Gasteiger partial charge is 0.283 e. The number of fused-ring (bicyclic) bond motifs is 1. The van der Waals surface area contributed by atoms with E-state index in [9.17, 15) is 13.2 Å². The molecule has 4 rings (SSSR count). The van der Waals surface area contributed by atoms with Crippen molar-refractivity contribution >= 4 is 49.0 Å². The zero-order chi connectivity index (χ0) is 26.4. The Morgan fingerprint density at radius 1 is 1.17 bits per heavy atom. The summed E-state index contributed by atoms with van der Waals surface area (Å²) in [6.07, 6.45) is 1.58. The number of hydrogen-bond donors (Lipinski definition) is 1. The molecule has 36 heavy (non-hydrogen) atoms. The molecule has 0 atom stereocenters. The van der Waals surface area contributed by atoms with Gasteiger partial charge in [0, 0.05) is 17.5 Å². The summed E-state index contributed by atoms with van der Waals surface area (Å²) in [6, 6.07) is 7.37. The fourth-order valence-electron chi connectivity index (χ4n) is 4.04. The number of aromatic nitrogens is 1. The molecule has 0 radical (unpaired) electrons. The van der Waals surface area contributed by atoms with Crippen molar-refractivity contribution in [3.8, 4) is 17.2 Å². The van der Waals surface area contributed by atoms with E-state index < -0.39 is 15.7 Å². The minimum absolute atomic E-state index is 0.0171. The Morgan fingerprint density at radius 2 is 1.89 bits per heavy atom. The van der Waals surface area contributed by atoms with Crippen molar-refractivity contribution in [2.75, 3.05) is 20.0 Å². The molecule has 1 N–H and O–H groups in total. The second-order valence-corrected chi connectivity index (χ2v) is 11.9. The Kier molecular flexibility index (Phi) is 6.84. The van der Waals surface area contributed by atoms with Crippen LogP contribution in [-0.4, -0.2) is 59.3 Å². The SMILES string of the molecule is COc1ccc(OC)c(-n2c(C)cc(/C=C3/C(=N)N4N=C(S(=O)(=O)CC(C)C)SC4=NC3=O)c2C)c1. The minimum Gasteiger partial charge on any atom is -0.497 e. The summed E-state index contributed by atoms with van der Waals surface area (Å²) in [5.74, 6) is 0.288. The van der Waals surface area contributed by atoms with Crippen LogP contribution in [0.2, 0.25) is 0 Å². The lowest BCUT2D eigenvalue weighted by molar-refractivity contribution is -0.114. The van der Waals surface area contributed by atoms with Crippen LogP contribution >= 0.6 is 11.8 Å². The molecule has 10 nitrogen and oxygen atoms in total. The van der Waals surface area contributed by atoms with Gasteiger partial charge in [-0.1, -0.05) is 13.8 Å². The van der Waals surface area contributed by atoms with Crippen molar-refractivity contribution < 1.29 is 22.7 Å². The number of sulfone groups is 1. The molecular formula is C24H27N5O5S2. The number of amidine groups is 2. The Balaban J connectivity index is 1.74. The molecule has 1 aromatic carbocycles. The first-order valence-corrected chi connectivity index (χ1v) is 13.6. The summed E-state index contributed by atoms with van der Waals surface area (Å²) in [5.41, 5.74) is 3.17. The predicted molar refractivity (Wildman–Crippen MR) is 142 cm³/mol. The predicted octanol–water partition coefficient (Wildman–Crippen LogP) is 3.76. The molecule has 0 saturated heterocycles. The molecule has 0 spiro atoms. The maximum absolute atomic E-state index is 12.9. The number of hydrazone groups is 1. The molecule has 1 amide bonds. The van der Waals surface area contributed by atoms with Gasteiger partial charge in [0.2, 0.25) is 19.4 Å². The van der Waals surface area contributed by atoms with Gasteiger partial charge in [0.25, 0.3) is 5.91 Å². The van der Waals surface area contributed by atoms with Crippen molar-refractivity contribution in [3.63, 3.8) is 0 Å². The third kappa shape index (κ3) is 4.58. The van der Waals surface area contributed by atoms with E-state index in [1.165, 1.54) is 0 Å². The van der Waals surface area contributed by atoms with Gasteiger partial charge in [-0.2, -0.15) is 10.0 Å². The summed E-state index contributed by atoms with van der Waals surface area (Å²) < 4.78 is 38.0.